The molecule has 1 amide bonds. The lowest BCUT2D eigenvalue weighted by molar-refractivity contribution is 0.0909. The van der Waals surface area contributed by atoms with Gasteiger partial charge < -0.3 is 9.73 Å². The molecule has 1 unspecified atom stereocenters. The van der Waals surface area contributed by atoms with Crippen LogP contribution in [-0.4, -0.2) is 20.5 Å². The summed E-state index contributed by atoms with van der Waals surface area (Å²) in [5.41, 5.74) is 0.740. The minimum Gasteiger partial charge on any atom is -0.444 e. The molecule has 20 heavy (non-hydrogen) atoms. The molecule has 0 fully saturated rings. The first-order valence-electron chi connectivity index (χ1n) is 6.01. The number of nitrogens with zero attached hydrogens (tertiary/aromatic N) is 3. The third kappa shape index (κ3) is 2.32. The largest absolute Gasteiger partial charge is 0.444 e. The third-order valence-corrected chi connectivity index (χ3v) is 3.30. The molecule has 102 valence electrons. The molecular formula is C13H11BrN4O2. The fourth-order valence-corrected chi connectivity index (χ4v) is 2.23. The Balaban J connectivity index is 1.82. The highest BCUT2D eigenvalue weighted by molar-refractivity contribution is 9.10. The maximum absolute atomic E-state index is 12.0. The third-order valence-electron chi connectivity index (χ3n) is 2.87. The molecule has 0 spiro atoms. The Bertz CT molecular complexity index is 764. The summed E-state index contributed by atoms with van der Waals surface area (Å²) in [6.07, 6.45) is 1.86. The maximum Gasteiger partial charge on any atom is 0.287 e. The quantitative estimate of drug-likeness (QED) is 0.798. The Kier molecular flexibility index (Phi) is 3.27. The van der Waals surface area contributed by atoms with Crippen LogP contribution in [0.15, 0.2) is 45.6 Å². The molecule has 0 radical (unpaired) electrons. The van der Waals surface area contributed by atoms with Crippen molar-refractivity contribution in [2.75, 3.05) is 0 Å². The summed E-state index contributed by atoms with van der Waals surface area (Å²) < 4.78 is 7.57. The van der Waals surface area contributed by atoms with Crippen LogP contribution in [0.2, 0.25) is 0 Å². The van der Waals surface area contributed by atoms with Gasteiger partial charge in [0.25, 0.3) is 5.91 Å². The fourth-order valence-electron chi connectivity index (χ4n) is 1.92. The van der Waals surface area contributed by atoms with Gasteiger partial charge >= 0.3 is 0 Å². The van der Waals surface area contributed by atoms with Crippen molar-refractivity contribution >= 4 is 27.5 Å². The highest BCUT2D eigenvalue weighted by Gasteiger charge is 2.18. The number of hydrogen-bond acceptors (Lipinski definition) is 4. The molecule has 3 rings (SSSR count). The van der Waals surface area contributed by atoms with E-state index in [1.54, 1.807) is 12.1 Å². The van der Waals surface area contributed by atoms with Crippen LogP contribution in [0.25, 0.3) is 5.65 Å². The van der Waals surface area contributed by atoms with Gasteiger partial charge in [-0.25, -0.2) is 0 Å². The number of amides is 1. The van der Waals surface area contributed by atoms with Gasteiger partial charge in [0, 0.05) is 6.20 Å². The molecule has 3 heterocycles. The summed E-state index contributed by atoms with van der Waals surface area (Å²) in [7, 11) is 0. The van der Waals surface area contributed by atoms with Crippen molar-refractivity contribution in [1.82, 2.24) is 19.9 Å². The molecule has 0 aliphatic carbocycles. The molecule has 7 heteroatoms. The van der Waals surface area contributed by atoms with Crippen molar-refractivity contribution in [3.63, 3.8) is 0 Å². The lowest BCUT2D eigenvalue weighted by Gasteiger charge is -2.10. The standard InChI is InChI=1S/C13H11BrN4O2/c1-8(15-13(19)9-5-6-10(14)20-9)12-17-16-11-4-2-3-7-18(11)12/h2-8H,1H3,(H,15,19). The van der Waals surface area contributed by atoms with Gasteiger partial charge in [-0.3, -0.25) is 9.20 Å². The Morgan fingerprint density at radius 3 is 2.95 bits per heavy atom. The summed E-state index contributed by atoms with van der Waals surface area (Å²) in [6.45, 7) is 1.85. The number of rotatable bonds is 3. The predicted octanol–water partition coefficient (Wildman–Crippen LogP) is 2.58. The van der Waals surface area contributed by atoms with Crippen LogP contribution >= 0.6 is 15.9 Å². The second kappa shape index (κ2) is 5.09. The summed E-state index contributed by atoms with van der Waals surface area (Å²) in [5.74, 6) is 0.619. The number of furan rings is 1. The van der Waals surface area contributed by atoms with Crippen LogP contribution in [0.5, 0.6) is 0 Å². The Morgan fingerprint density at radius 1 is 1.35 bits per heavy atom. The van der Waals surface area contributed by atoms with Crippen molar-refractivity contribution in [2.45, 2.75) is 13.0 Å². The van der Waals surface area contributed by atoms with E-state index in [-0.39, 0.29) is 17.7 Å². The highest BCUT2D eigenvalue weighted by Crippen LogP contribution is 2.16. The number of pyridine rings is 1. The monoisotopic (exact) mass is 334 g/mol. The zero-order chi connectivity index (χ0) is 14.1. The molecule has 0 saturated carbocycles. The zero-order valence-corrected chi connectivity index (χ0v) is 12.2. The Morgan fingerprint density at radius 2 is 2.20 bits per heavy atom. The van der Waals surface area contributed by atoms with E-state index in [1.807, 2.05) is 35.7 Å². The maximum atomic E-state index is 12.0. The second-order valence-electron chi connectivity index (χ2n) is 4.29. The first kappa shape index (κ1) is 12.9. The highest BCUT2D eigenvalue weighted by atomic mass is 79.9. The number of hydrogen-bond donors (Lipinski definition) is 1. The van der Waals surface area contributed by atoms with Crippen LogP contribution in [0.4, 0.5) is 0 Å². The Labute approximate surface area is 122 Å². The van der Waals surface area contributed by atoms with Crippen LogP contribution in [0, 0.1) is 0 Å². The van der Waals surface area contributed by atoms with Gasteiger partial charge in [-0.1, -0.05) is 6.07 Å². The predicted molar refractivity (Wildman–Crippen MR) is 75.3 cm³/mol. The molecule has 1 atom stereocenters. The Hall–Kier alpha value is -2.15. The molecule has 0 aliphatic rings. The molecule has 0 aliphatic heterocycles. The lowest BCUT2D eigenvalue weighted by Crippen LogP contribution is -2.27. The summed E-state index contributed by atoms with van der Waals surface area (Å²) in [4.78, 5) is 12.0. The van der Waals surface area contributed by atoms with E-state index >= 15 is 0 Å². The summed E-state index contributed by atoms with van der Waals surface area (Å²) >= 11 is 3.16. The van der Waals surface area contributed by atoms with E-state index in [2.05, 4.69) is 31.4 Å². The molecule has 6 nitrogen and oxygen atoms in total. The molecule has 1 N–H and O–H groups in total. The van der Waals surface area contributed by atoms with Gasteiger partial charge in [0.15, 0.2) is 21.9 Å². The number of fused-ring (bicyclic) bond motifs is 1. The van der Waals surface area contributed by atoms with E-state index in [0.29, 0.717) is 10.5 Å². The topological polar surface area (TPSA) is 72.4 Å². The molecule has 0 bridgehead atoms. The van der Waals surface area contributed by atoms with Gasteiger partial charge in [0.2, 0.25) is 0 Å². The van der Waals surface area contributed by atoms with E-state index < -0.39 is 0 Å². The van der Waals surface area contributed by atoms with Gasteiger partial charge in [0.1, 0.15) is 0 Å². The molecule has 3 aromatic rings. The van der Waals surface area contributed by atoms with Gasteiger partial charge in [0.05, 0.1) is 6.04 Å². The minimum atomic E-state index is -0.295. The fraction of sp³-hybridized carbons (Fsp3) is 0.154. The number of carbonyl (C=O) groups is 1. The molecule has 0 saturated heterocycles. The number of aromatic nitrogens is 3. The van der Waals surface area contributed by atoms with Crippen molar-refractivity contribution in [2.24, 2.45) is 0 Å². The van der Waals surface area contributed by atoms with Crippen LogP contribution < -0.4 is 5.32 Å². The van der Waals surface area contributed by atoms with E-state index in [9.17, 15) is 4.79 Å². The lowest BCUT2D eigenvalue weighted by atomic mass is 10.3. The number of carbonyl (C=O) groups excluding carboxylic acids is 1. The van der Waals surface area contributed by atoms with E-state index in [4.69, 9.17) is 4.42 Å². The first-order valence-corrected chi connectivity index (χ1v) is 6.80. The van der Waals surface area contributed by atoms with Crippen molar-refractivity contribution in [1.29, 1.82) is 0 Å². The summed E-state index contributed by atoms with van der Waals surface area (Å²) in [5, 5.41) is 11.0. The average Bonchev–Trinajstić information content (AvgIpc) is 3.04. The molecule has 0 aromatic carbocycles. The van der Waals surface area contributed by atoms with Crippen LogP contribution in [0.1, 0.15) is 29.3 Å². The number of nitrogens with one attached hydrogen (secondary N) is 1. The minimum absolute atomic E-state index is 0.248. The van der Waals surface area contributed by atoms with Gasteiger partial charge in [-0.15, -0.1) is 10.2 Å². The van der Waals surface area contributed by atoms with E-state index in [1.165, 1.54) is 0 Å². The first-order chi connectivity index (χ1) is 9.65. The van der Waals surface area contributed by atoms with Crippen molar-refractivity contribution in [3.05, 3.63) is 52.8 Å². The number of halogens is 1. The molecular weight excluding hydrogens is 324 g/mol. The normalized spacial score (nSPS) is 12.5. The van der Waals surface area contributed by atoms with Crippen LogP contribution in [0.3, 0.4) is 0 Å². The van der Waals surface area contributed by atoms with Crippen molar-refractivity contribution in [3.8, 4) is 0 Å². The SMILES string of the molecule is CC(NC(=O)c1ccc(Br)o1)c1nnc2ccccn12. The average molecular weight is 335 g/mol. The zero-order valence-electron chi connectivity index (χ0n) is 10.6. The smallest absolute Gasteiger partial charge is 0.287 e. The van der Waals surface area contributed by atoms with Crippen molar-refractivity contribution < 1.29 is 9.21 Å². The van der Waals surface area contributed by atoms with Gasteiger partial charge in [-0.05, 0) is 47.1 Å². The van der Waals surface area contributed by atoms with E-state index in [0.717, 1.165) is 5.65 Å². The van der Waals surface area contributed by atoms with Crippen LogP contribution in [-0.2, 0) is 0 Å². The molecule has 3 aromatic heterocycles. The summed E-state index contributed by atoms with van der Waals surface area (Å²) in [6, 6.07) is 8.62. The van der Waals surface area contributed by atoms with Gasteiger partial charge in [-0.2, -0.15) is 0 Å². The second-order valence-corrected chi connectivity index (χ2v) is 5.07.